The van der Waals surface area contributed by atoms with Crippen LogP contribution in [-0.2, 0) is 4.79 Å². The molecule has 1 saturated carbocycles. The lowest BCUT2D eigenvalue weighted by Gasteiger charge is -2.08. The molecule has 0 aliphatic heterocycles. The molecule has 0 aromatic heterocycles. The first-order chi connectivity index (χ1) is 11.0. The number of benzene rings is 2. The number of aryl methyl sites for hydroxylation is 1. The molecule has 1 amide bonds. The number of nitrogens with zero attached hydrogens (tertiary/aromatic N) is 1. The van der Waals surface area contributed by atoms with Crippen LogP contribution in [0.25, 0.3) is 0 Å². The van der Waals surface area contributed by atoms with E-state index in [0.717, 1.165) is 17.5 Å². The number of hydrogen-bond acceptors (Lipinski definition) is 3. The lowest BCUT2D eigenvalue weighted by atomic mass is 10.1. The van der Waals surface area contributed by atoms with Crippen molar-refractivity contribution in [2.75, 3.05) is 5.32 Å². The summed E-state index contributed by atoms with van der Waals surface area (Å²) >= 11 is 6.16. The Morgan fingerprint density at radius 1 is 1.30 bits per heavy atom. The maximum absolute atomic E-state index is 12.4. The van der Waals surface area contributed by atoms with E-state index in [4.69, 9.17) is 11.6 Å². The molecule has 0 radical (unpaired) electrons. The van der Waals surface area contributed by atoms with Crippen LogP contribution in [0.5, 0.6) is 0 Å². The maximum Gasteiger partial charge on any atom is 0.271 e. The molecule has 1 aliphatic rings. The number of carbonyl (C=O) groups excluding carboxylic acids is 1. The van der Waals surface area contributed by atoms with E-state index in [0.29, 0.717) is 10.7 Å². The summed E-state index contributed by atoms with van der Waals surface area (Å²) in [5.74, 6) is -0.158. The fraction of sp³-hybridized carbons (Fsp3) is 0.235. The zero-order valence-corrected chi connectivity index (χ0v) is 13.2. The highest BCUT2D eigenvalue weighted by Crippen LogP contribution is 2.50. The van der Waals surface area contributed by atoms with E-state index in [-0.39, 0.29) is 23.4 Å². The molecule has 23 heavy (non-hydrogen) atoms. The number of hydrogen-bond donors (Lipinski definition) is 1. The lowest BCUT2D eigenvalue weighted by molar-refractivity contribution is -0.384. The Kier molecular flexibility index (Phi) is 4.05. The van der Waals surface area contributed by atoms with Gasteiger partial charge >= 0.3 is 0 Å². The van der Waals surface area contributed by atoms with E-state index < -0.39 is 4.92 Å². The number of nitrogens with one attached hydrogen (secondary N) is 1. The zero-order chi connectivity index (χ0) is 16.6. The van der Waals surface area contributed by atoms with Gasteiger partial charge in [0.1, 0.15) is 0 Å². The summed E-state index contributed by atoms with van der Waals surface area (Å²) < 4.78 is 0. The largest absolute Gasteiger partial charge is 0.325 e. The molecule has 1 N–H and O–H groups in total. The Labute approximate surface area is 138 Å². The molecule has 0 heterocycles. The molecule has 118 valence electrons. The summed E-state index contributed by atoms with van der Waals surface area (Å²) in [4.78, 5) is 22.8. The molecule has 2 unspecified atom stereocenters. The quantitative estimate of drug-likeness (QED) is 0.671. The Balaban J connectivity index is 1.73. The fourth-order valence-corrected chi connectivity index (χ4v) is 2.96. The second kappa shape index (κ2) is 6.01. The molecule has 6 heteroatoms. The monoisotopic (exact) mass is 330 g/mol. The van der Waals surface area contributed by atoms with E-state index in [9.17, 15) is 14.9 Å². The number of halogens is 1. The highest BCUT2D eigenvalue weighted by molar-refractivity contribution is 6.31. The first kappa shape index (κ1) is 15.5. The number of rotatable bonds is 4. The van der Waals surface area contributed by atoms with Crippen LogP contribution >= 0.6 is 11.6 Å². The summed E-state index contributed by atoms with van der Waals surface area (Å²) in [6.07, 6.45) is 0.740. The average Bonchev–Trinajstić information content (AvgIpc) is 3.30. The second-order valence-corrected chi connectivity index (χ2v) is 6.12. The van der Waals surface area contributed by atoms with Crippen molar-refractivity contribution in [2.45, 2.75) is 19.3 Å². The average molecular weight is 331 g/mol. The first-order valence-electron chi connectivity index (χ1n) is 7.27. The van der Waals surface area contributed by atoms with Crippen molar-refractivity contribution in [2.24, 2.45) is 5.92 Å². The van der Waals surface area contributed by atoms with Crippen LogP contribution in [0.2, 0.25) is 5.02 Å². The Hall–Kier alpha value is -2.40. The molecule has 2 atom stereocenters. The SMILES string of the molecule is Cc1ccc([N+](=O)[O-])cc1NC(=O)C1CC1c1ccccc1Cl. The predicted molar refractivity (Wildman–Crippen MR) is 88.8 cm³/mol. The van der Waals surface area contributed by atoms with E-state index >= 15 is 0 Å². The number of amides is 1. The van der Waals surface area contributed by atoms with Gasteiger partial charge in [0.15, 0.2) is 0 Å². The van der Waals surface area contributed by atoms with Gasteiger partial charge in [0, 0.05) is 23.1 Å². The van der Waals surface area contributed by atoms with Crippen molar-refractivity contribution in [1.29, 1.82) is 0 Å². The summed E-state index contributed by atoms with van der Waals surface area (Å²) in [7, 11) is 0. The third kappa shape index (κ3) is 3.19. The predicted octanol–water partition coefficient (Wildman–Crippen LogP) is 4.30. The standard InChI is InChI=1S/C17H15ClN2O3/c1-10-6-7-11(20(22)23)8-16(10)19-17(21)14-9-13(14)12-4-2-3-5-15(12)18/h2-8,13-14H,9H2,1H3,(H,19,21). The molecule has 3 rings (SSSR count). The minimum atomic E-state index is -0.473. The molecule has 1 aliphatic carbocycles. The lowest BCUT2D eigenvalue weighted by Crippen LogP contribution is -2.15. The Morgan fingerprint density at radius 3 is 2.74 bits per heavy atom. The number of carbonyl (C=O) groups is 1. The summed E-state index contributed by atoms with van der Waals surface area (Å²) in [5, 5.41) is 14.3. The van der Waals surface area contributed by atoms with Crippen LogP contribution in [0.4, 0.5) is 11.4 Å². The van der Waals surface area contributed by atoms with Gasteiger partial charge in [-0.25, -0.2) is 0 Å². The highest BCUT2D eigenvalue weighted by Gasteiger charge is 2.44. The number of anilines is 1. The molecule has 2 aromatic carbocycles. The van der Waals surface area contributed by atoms with E-state index in [2.05, 4.69) is 5.32 Å². The minimum absolute atomic E-state index is 0.0376. The number of nitro groups is 1. The topological polar surface area (TPSA) is 72.2 Å². The molecule has 1 fully saturated rings. The van der Waals surface area contributed by atoms with E-state index in [1.165, 1.54) is 12.1 Å². The van der Waals surface area contributed by atoms with Crippen molar-refractivity contribution in [1.82, 2.24) is 0 Å². The maximum atomic E-state index is 12.4. The Morgan fingerprint density at radius 2 is 2.04 bits per heavy atom. The van der Waals surface area contributed by atoms with Crippen LogP contribution in [0.15, 0.2) is 42.5 Å². The normalized spacial score (nSPS) is 19.2. The molecule has 5 nitrogen and oxygen atoms in total. The summed E-state index contributed by atoms with van der Waals surface area (Å²) in [6, 6.07) is 11.9. The molecule has 2 aromatic rings. The van der Waals surface area contributed by atoms with Crippen molar-refractivity contribution in [3.05, 3.63) is 68.7 Å². The molecule has 0 spiro atoms. The third-order valence-corrected chi connectivity index (χ3v) is 4.47. The smallest absolute Gasteiger partial charge is 0.271 e. The molecular formula is C17H15ClN2O3. The van der Waals surface area contributed by atoms with Gasteiger partial charge in [0.05, 0.1) is 10.6 Å². The molecular weight excluding hydrogens is 316 g/mol. The summed E-state index contributed by atoms with van der Waals surface area (Å²) in [6.45, 7) is 1.80. The van der Waals surface area contributed by atoms with Crippen molar-refractivity contribution in [3.8, 4) is 0 Å². The van der Waals surface area contributed by atoms with Crippen molar-refractivity contribution < 1.29 is 9.72 Å². The molecule has 0 bridgehead atoms. The van der Waals surface area contributed by atoms with Crippen LogP contribution in [0.1, 0.15) is 23.5 Å². The second-order valence-electron chi connectivity index (χ2n) is 5.72. The van der Waals surface area contributed by atoms with Gasteiger partial charge in [-0.05, 0) is 36.5 Å². The third-order valence-electron chi connectivity index (χ3n) is 4.12. The molecule has 0 saturated heterocycles. The zero-order valence-electron chi connectivity index (χ0n) is 12.5. The van der Waals surface area contributed by atoms with Crippen LogP contribution < -0.4 is 5.32 Å². The van der Waals surface area contributed by atoms with E-state index in [1.54, 1.807) is 13.0 Å². The summed E-state index contributed by atoms with van der Waals surface area (Å²) in [5.41, 5.74) is 2.21. The number of non-ortho nitro benzene ring substituents is 1. The van der Waals surface area contributed by atoms with Crippen molar-refractivity contribution in [3.63, 3.8) is 0 Å². The van der Waals surface area contributed by atoms with Crippen LogP contribution in [-0.4, -0.2) is 10.8 Å². The van der Waals surface area contributed by atoms with Gasteiger partial charge in [0.2, 0.25) is 5.91 Å². The highest BCUT2D eigenvalue weighted by atomic mass is 35.5. The minimum Gasteiger partial charge on any atom is -0.325 e. The van der Waals surface area contributed by atoms with Gasteiger partial charge in [-0.15, -0.1) is 0 Å². The van der Waals surface area contributed by atoms with Gasteiger partial charge in [-0.1, -0.05) is 35.9 Å². The van der Waals surface area contributed by atoms with E-state index in [1.807, 2.05) is 24.3 Å². The van der Waals surface area contributed by atoms with Gasteiger partial charge < -0.3 is 5.32 Å². The first-order valence-corrected chi connectivity index (χ1v) is 7.65. The van der Waals surface area contributed by atoms with Crippen LogP contribution in [0, 0.1) is 23.0 Å². The van der Waals surface area contributed by atoms with Gasteiger partial charge in [0.25, 0.3) is 5.69 Å². The van der Waals surface area contributed by atoms with Gasteiger partial charge in [-0.3, -0.25) is 14.9 Å². The Bertz CT molecular complexity index is 791. The van der Waals surface area contributed by atoms with Crippen molar-refractivity contribution >= 4 is 28.9 Å². The number of nitro benzene ring substituents is 1. The van der Waals surface area contributed by atoms with Gasteiger partial charge in [-0.2, -0.15) is 0 Å². The van der Waals surface area contributed by atoms with Crippen LogP contribution in [0.3, 0.4) is 0 Å². The fourth-order valence-electron chi connectivity index (χ4n) is 2.69.